The number of pyridine rings is 1. The van der Waals surface area contributed by atoms with Gasteiger partial charge in [-0.15, -0.1) is 0 Å². The summed E-state index contributed by atoms with van der Waals surface area (Å²) in [5, 5.41) is 0.271. The fourth-order valence-corrected chi connectivity index (χ4v) is 3.98. The van der Waals surface area contributed by atoms with Crippen LogP contribution in [0, 0.1) is 13.8 Å². The molecule has 0 bridgehead atoms. The number of aryl methyl sites for hydroxylation is 2. The monoisotopic (exact) mass is 433 g/mol. The molecule has 0 saturated carbocycles. The normalized spacial score (nSPS) is 13.9. The van der Waals surface area contributed by atoms with E-state index >= 15 is 0 Å². The number of fused-ring (bicyclic) bond motifs is 1. The summed E-state index contributed by atoms with van der Waals surface area (Å²) >= 11 is 6.30. The molecule has 3 aromatic rings. The van der Waals surface area contributed by atoms with Crippen LogP contribution in [-0.4, -0.2) is 40.8 Å². The Labute approximate surface area is 178 Å². The Kier molecular flexibility index (Phi) is 6.01. The first-order valence-corrected chi connectivity index (χ1v) is 10.1. The number of benzene rings is 1. The molecule has 0 spiro atoms. The summed E-state index contributed by atoms with van der Waals surface area (Å²) < 4.78 is 37.8. The highest BCUT2D eigenvalue weighted by molar-refractivity contribution is 6.32. The van der Waals surface area contributed by atoms with E-state index in [4.69, 9.17) is 26.1 Å². The third kappa shape index (κ3) is 4.32. The van der Waals surface area contributed by atoms with Gasteiger partial charge in [-0.1, -0.05) is 11.6 Å². The Hall–Kier alpha value is -2.51. The molecule has 0 saturated heterocycles. The maximum Gasteiger partial charge on any atom is 0.272 e. The zero-order valence-corrected chi connectivity index (χ0v) is 17.5. The van der Waals surface area contributed by atoms with Crippen LogP contribution in [0.25, 0.3) is 22.6 Å². The summed E-state index contributed by atoms with van der Waals surface area (Å²) in [6.45, 7) is 5.12. The van der Waals surface area contributed by atoms with E-state index in [1.54, 1.807) is 18.2 Å². The molecule has 158 valence electrons. The zero-order chi connectivity index (χ0) is 21.3. The Bertz CT molecular complexity index is 1050. The molecule has 0 fully saturated rings. The van der Waals surface area contributed by atoms with E-state index in [2.05, 4.69) is 9.55 Å². The number of hydrogen-bond donors (Lipinski definition) is 0. The molecule has 0 N–H and O–H groups in total. The topological polar surface area (TPSA) is 49.2 Å². The van der Waals surface area contributed by atoms with Crippen molar-refractivity contribution in [2.24, 2.45) is 0 Å². The van der Waals surface area contributed by atoms with Gasteiger partial charge in [0.05, 0.1) is 23.9 Å². The average Bonchev–Trinajstić information content (AvgIpc) is 2.87. The first kappa shape index (κ1) is 20.8. The highest BCUT2D eigenvalue weighted by Crippen LogP contribution is 2.35. The summed E-state index contributed by atoms with van der Waals surface area (Å²) in [5.41, 5.74) is 5.67. The van der Waals surface area contributed by atoms with Gasteiger partial charge in [-0.25, -0.2) is 13.8 Å². The number of aromatic nitrogens is 3. The Morgan fingerprint density at radius 3 is 2.57 bits per heavy atom. The van der Waals surface area contributed by atoms with E-state index < -0.39 is 13.0 Å². The van der Waals surface area contributed by atoms with Crippen molar-refractivity contribution >= 4 is 11.6 Å². The van der Waals surface area contributed by atoms with Gasteiger partial charge in [0.1, 0.15) is 18.2 Å². The van der Waals surface area contributed by atoms with Gasteiger partial charge in [-0.2, -0.15) is 0 Å². The van der Waals surface area contributed by atoms with Crippen LogP contribution in [-0.2, 0) is 17.7 Å². The summed E-state index contributed by atoms with van der Waals surface area (Å²) in [6, 6.07) is 9.16. The van der Waals surface area contributed by atoms with E-state index in [0.717, 1.165) is 46.1 Å². The lowest BCUT2D eigenvalue weighted by atomic mass is 10.1. The maximum atomic E-state index is 12.4. The molecule has 1 aliphatic heterocycles. The molecule has 0 atom stereocenters. The zero-order valence-electron chi connectivity index (χ0n) is 16.8. The Balaban J connectivity index is 1.79. The summed E-state index contributed by atoms with van der Waals surface area (Å²) in [4.78, 5) is 9.42. The Morgan fingerprint density at radius 2 is 1.87 bits per heavy atom. The summed E-state index contributed by atoms with van der Waals surface area (Å²) in [6.07, 6.45) is -1.81. The van der Waals surface area contributed by atoms with E-state index in [1.807, 2.05) is 26.0 Å². The van der Waals surface area contributed by atoms with Gasteiger partial charge in [0.15, 0.2) is 0 Å². The predicted octanol–water partition coefficient (Wildman–Crippen LogP) is 5.10. The van der Waals surface area contributed by atoms with Crippen molar-refractivity contribution in [3.8, 4) is 28.4 Å². The van der Waals surface area contributed by atoms with E-state index in [1.165, 1.54) is 0 Å². The SMILES string of the molecule is Cc1cc(-c2nc(-c3ccc(OCC(F)F)c(Cl)c3)n3c2CCOCC3)cc(C)n1. The highest BCUT2D eigenvalue weighted by atomic mass is 35.5. The van der Waals surface area contributed by atoms with Crippen molar-refractivity contribution in [3.05, 3.63) is 52.4 Å². The smallest absolute Gasteiger partial charge is 0.272 e. The van der Waals surface area contributed by atoms with Gasteiger partial charge in [-0.05, 0) is 44.2 Å². The van der Waals surface area contributed by atoms with Crippen LogP contribution in [0.2, 0.25) is 5.02 Å². The minimum absolute atomic E-state index is 0.229. The predicted molar refractivity (Wildman–Crippen MR) is 111 cm³/mol. The summed E-state index contributed by atoms with van der Waals surface area (Å²) in [7, 11) is 0. The second kappa shape index (κ2) is 8.70. The van der Waals surface area contributed by atoms with Gasteiger partial charge >= 0.3 is 0 Å². The number of alkyl halides is 2. The second-order valence-electron chi connectivity index (χ2n) is 7.23. The van der Waals surface area contributed by atoms with E-state index in [9.17, 15) is 8.78 Å². The minimum atomic E-state index is -2.56. The van der Waals surface area contributed by atoms with E-state index in [0.29, 0.717) is 19.8 Å². The molecule has 5 nitrogen and oxygen atoms in total. The lowest BCUT2D eigenvalue weighted by molar-refractivity contribution is 0.0819. The van der Waals surface area contributed by atoms with Crippen molar-refractivity contribution in [2.75, 3.05) is 19.8 Å². The van der Waals surface area contributed by atoms with Crippen molar-refractivity contribution in [3.63, 3.8) is 0 Å². The minimum Gasteiger partial charge on any atom is -0.486 e. The van der Waals surface area contributed by atoms with Crippen molar-refractivity contribution < 1.29 is 18.3 Å². The third-order valence-electron chi connectivity index (χ3n) is 4.92. The molecule has 4 rings (SSSR count). The number of hydrogen-bond acceptors (Lipinski definition) is 4. The first-order valence-electron chi connectivity index (χ1n) is 9.76. The average molecular weight is 434 g/mol. The van der Waals surface area contributed by atoms with Gasteiger partial charge < -0.3 is 14.0 Å². The molecule has 0 radical (unpaired) electrons. The number of ether oxygens (including phenoxy) is 2. The molecule has 0 amide bonds. The fourth-order valence-electron chi connectivity index (χ4n) is 3.74. The van der Waals surface area contributed by atoms with Crippen molar-refractivity contribution in [2.45, 2.75) is 33.2 Å². The van der Waals surface area contributed by atoms with E-state index in [-0.39, 0.29) is 10.8 Å². The highest BCUT2D eigenvalue weighted by Gasteiger charge is 2.22. The Morgan fingerprint density at radius 1 is 1.10 bits per heavy atom. The van der Waals surface area contributed by atoms with Gasteiger partial charge in [0.25, 0.3) is 6.43 Å². The van der Waals surface area contributed by atoms with Crippen molar-refractivity contribution in [1.29, 1.82) is 0 Å². The van der Waals surface area contributed by atoms with Gasteiger partial charge in [0.2, 0.25) is 0 Å². The van der Waals surface area contributed by atoms with Crippen LogP contribution in [0.1, 0.15) is 17.1 Å². The molecule has 1 aromatic carbocycles. The molecule has 0 aliphatic carbocycles. The molecule has 2 aromatic heterocycles. The molecular formula is C22H22ClF2N3O2. The number of rotatable bonds is 5. The second-order valence-corrected chi connectivity index (χ2v) is 7.64. The third-order valence-corrected chi connectivity index (χ3v) is 5.22. The number of imidazole rings is 1. The lowest BCUT2D eigenvalue weighted by Gasteiger charge is -2.11. The first-order chi connectivity index (χ1) is 14.4. The maximum absolute atomic E-state index is 12.4. The van der Waals surface area contributed by atoms with Gasteiger partial charge in [-0.3, -0.25) is 4.98 Å². The van der Waals surface area contributed by atoms with Crippen LogP contribution in [0.3, 0.4) is 0 Å². The standard InChI is InChI=1S/C22H22ClF2N3O2/c1-13-9-16(10-14(2)26-13)21-18-5-7-29-8-6-28(18)22(27-21)15-3-4-19(17(23)11-15)30-12-20(24)25/h3-4,9-11,20H,5-8,12H2,1-2H3. The van der Waals surface area contributed by atoms with Gasteiger partial charge in [0, 0.05) is 41.2 Å². The van der Waals surface area contributed by atoms with Crippen LogP contribution in [0.4, 0.5) is 8.78 Å². The van der Waals surface area contributed by atoms with Crippen LogP contribution < -0.4 is 4.74 Å². The lowest BCUT2D eigenvalue weighted by Crippen LogP contribution is -2.08. The molecule has 30 heavy (non-hydrogen) atoms. The molecule has 3 heterocycles. The van der Waals surface area contributed by atoms with Crippen LogP contribution in [0.15, 0.2) is 30.3 Å². The number of halogens is 3. The molecule has 1 aliphatic rings. The van der Waals surface area contributed by atoms with Crippen molar-refractivity contribution in [1.82, 2.24) is 14.5 Å². The summed E-state index contributed by atoms with van der Waals surface area (Å²) in [5.74, 6) is 0.993. The molecular weight excluding hydrogens is 412 g/mol. The fraction of sp³-hybridized carbons (Fsp3) is 0.364. The molecule has 0 unspecified atom stereocenters. The quantitative estimate of drug-likeness (QED) is 0.561. The number of nitrogens with zero attached hydrogens (tertiary/aromatic N) is 3. The van der Waals surface area contributed by atoms with Crippen LogP contribution in [0.5, 0.6) is 5.75 Å². The van der Waals surface area contributed by atoms with Crippen LogP contribution >= 0.6 is 11.6 Å². The largest absolute Gasteiger partial charge is 0.486 e. The molecule has 8 heteroatoms.